The van der Waals surface area contributed by atoms with E-state index in [1.54, 1.807) is 0 Å². The van der Waals surface area contributed by atoms with E-state index in [9.17, 15) is 4.79 Å². The van der Waals surface area contributed by atoms with E-state index >= 15 is 0 Å². The third-order valence-corrected chi connectivity index (χ3v) is 5.61. The van der Waals surface area contributed by atoms with Crippen LogP contribution < -0.4 is 11.1 Å². The number of amides is 1. The lowest BCUT2D eigenvalue weighted by molar-refractivity contribution is -0.126. The van der Waals surface area contributed by atoms with Crippen LogP contribution in [0.1, 0.15) is 51.3 Å². The van der Waals surface area contributed by atoms with E-state index in [4.69, 9.17) is 5.73 Å². The summed E-state index contributed by atoms with van der Waals surface area (Å²) in [5.74, 6) is 1.70. The highest BCUT2D eigenvalue weighted by Crippen LogP contribution is 2.27. The van der Waals surface area contributed by atoms with Gasteiger partial charge in [0.05, 0.1) is 12.1 Å². The second kappa shape index (κ2) is 7.66. The number of carbonyl (C=O) groups is 1. The Balaban J connectivity index is 1.48. The zero-order valence-corrected chi connectivity index (χ0v) is 14.8. The Hall–Kier alpha value is -1.40. The SMILES string of the molecule is CCn1ccnc1CN1CCC[C@@H](CNC(=O)C2(N)CCCC2)C1. The minimum atomic E-state index is -0.611. The van der Waals surface area contributed by atoms with Gasteiger partial charge >= 0.3 is 0 Å². The fraction of sp³-hybridized carbons (Fsp3) is 0.778. The molecule has 1 saturated carbocycles. The van der Waals surface area contributed by atoms with Crippen LogP contribution in [-0.4, -0.2) is 45.5 Å². The molecule has 1 aliphatic carbocycles. The van der Waals surface area contributed by atoms with Crippen LogP contribution in [0.2, 0.25) is 0 Å². The topological polar surface area (TPSA) is 76.2 Å². The summed E-state index contributed by atoms with van der Waals surface area (Å²) in [6, 6.07) is 0. The average Bonchev–Trinajstić information content (AvgIpc) is 3.22. The van der Waals surface area contributed by atoms with Crippen LogP contribution >= 0.6 is 0 Å². The zero-order chi connectivity index (χ0) is 17.0. The number of nitrogens with zero attached hydrogens (tertiary/aromatic N) is 3. The molecule has 2 fully saturated rings. The third kappa shape index (κ3) is 3.98. The second-order valence-corrected chi connectivity index (χ2v) is 7.45. The number of rotatable bonds is 6. The van der Waals surface area contributed by atoms with Crippen molar-refractivity contribution in [2.45, 2.75) is 64.1 Å². The van der Waals surface area contributed by atoms with Crippen LogP contribution in [0.25, 0.3) is 0 Å². The summed E-state index contributed by atoms with van der Waals surface area (Å²) in [7, 11) is 0. The number of nitrogens with one attached hydrogen (secondary N) is 1. The molecule has 0 aromatic carbocycles. The number of imidazole rings is 1. The number of hydrogen-bond donors (Lipinski definition) is 2. The Kier molecular flexibility index (Phi) is 5.56. The summed E-state index contributed by atoms with van der Waals surface area (Å²) < 4.78 is 2.20. The normalized spacial score (nSPS) is 24.2. The molecule has 3 rings (SSSR count). The van der Waals surface area contributed by atoms with Crippen molar-refractivity contribution in [2.75, 3.05) is 19.6 Å². The second-order valence-electron chi connectivity index (χ2n) is 7.45. The molecule has 6 nitrogen and oxygen atoms in total. The fourth-order valence-corrected chi connectivity index (χ4v) is 4.09. The van der Waals surface area contributed by atoms with Gasteiger partial charge in [0, 0.05) is 32.0 Å². The number of hydrogen-bond acceptors (Lipinski definition) is 4. The molecule has 0 spiro atoms. The molecular formula is C18H31N5O. The first-order chi connectivity index (χ1) is 11.6. The van der Waals surface area contributed by atoms with Crippen molar-refractivity contribution in [1.29, 1.82) is 0 Å². The highest BCUT2D eigenvalue weighted by molar-refractivity contribution is 5.86. The maximum absolute atomic E-state index is 12.4. The van der Waals surface area contributed by atoms with E-state index in [1.165, 1.54) is 12.8 Å². The van der Waals surface area contributed by atoms with Crippen molar-refractivity contribution in [3.05, 3.63) is 18.2 Å². The van der Waals surface area contributed by atoms with Crippen LogP contribution in [0.15, 0.2) is 12.4 Å². The lowest BCUT2D eigenvalue weighted by Crippen LogP contribution is -2.53. The predicted molar refractivity (Wildman–Crippen MR) is 94.3 cm³/mol. The summed E-state index contributed by atoms with van der Waals surface area (Å²) in [4.78, 5) is 19.3. The summed E-state index contributed by atoms with van der Waals surface area (Å²) in [6.45, 7) is 6.88. The number of piperidine rings is 1. The van der Waals surface area contributed by atoms with Gasteiger partial charge in [0.2, 0.25) is 5.91 Å². The Morgan fingerprint density at radius 2 is 2.21 bits per heavy atom. The van der Waals surface area contributed by atoms with Crippen molar-refractivity contribution >= 4 is 5.91 Å². The summed E-state index contributed by atoms with van der Waals surface area (Å²) in [6.07, 6.45) is 10.1. The molecule has 1 aromatic heterocycles. The first kappa shape index (κ1) is 17.4. The van der Waals surface area contributed by atoms with Crippen LogP contribution in [0.5, 0.6) is 0 Å². The number of aromatic nitrogens is 2. The molecule has 2 heterocycles. The van der Waals surface area contributed by atoms with Gasteiger partial charge < -0.3 is 15.6 Å². The van der Waals surface area contributed by atoms with Gasteiger partial charge in [-0.1, -0.05) is 12.8 Å². The highest BCUT2D eigenvalue weighted by atomic mass is 16.2. The quantitative estimate of drug-likeness (QED) is 0.827. The van der Waals surface area contributed by atoms with Crippen LogP contribution in [0, 0.1) is 5.92 Å². The van der Waals surface area contributed by atoms with Gasteiger partial charge in [-0.15, -0.1) is 0 Å². The van der Waals surface area contributed by atoms with E-state index in [0.717, 1.165) is 64.2 Å². The largest absolute Gasteiger partial charge is 0.354 e. The summed E-state index contributed by atoms with van der Waals surface area (Å²) in [5.41, 5.74) is 5.62. The van der Waals surface area contributed by atoms with E-state index in [-0.39, 0.29) is 5.91 Å². The lowest BCUT2D eigenvalue weighted by Gasteiger charge is -2.33. The first-order valence-corrected chi connectivity index (χ1v) is 9.40. The Morgan fingerprint density at radius 3 is 2.96 bits per heavy atom. The number of nitrogens with two attached hydrogens (primary N) is 1. The van der Waals surface area contributed by atoms with E-state index < -0.39 is 5.54 Å². The van der Waals surface area contributed by atoms with Gasteiger partial charge in [-0.2, -0.15) is 0 Å². The summed E-state index contributed by atoms with van der Waals surface area (Å²) >= 11 is 0. The maximum Gasteiger partial charge on any atom is 0.240 e. The van der Waals surface area contributed by atoms with Gasteiger partial charge in [0.1, 0.15) is 5.82 Å². The number of aryl methyl sites for hydroxylation is 1. The Bertz CT molecular complexity index is 549. The maximum atomic E-state index is 12.4. The van der Waals surface area contributed by atoms with Gasteiger partial charge in [-0.3, -0.25) is 9.69 Å². The van der Waals surface area contributed by atoms with Gasteiger partial charge in [-0.05, 0) is 45.1 Å². The zero-order valence-electron chi connectivity index (χ0n) is 14.8. The molecule has 0 radical (unpaired) electrons. The Morgan fingerprint density at radius 1 is 1.42 bits per heavy atom. The molecule has 6 heteroatoms. The first-order valence-electron chi connectivity index (χ1n) is 9.40. The lowest BCUT2D eigenvalue weighted by atomic mass is 9.95. The van der Waals surface area contributed by atoms with Gasteiger partial charge in [0.15, 0.2) is 0 Å². The fourth-order valence-electron chi connectivity index (χ4n) is 4.09. The molecule has 1 atom stereocenters. The molecule has 1 saturated heterocycles. The van der Waals surface area contributed by atoms with Crippen molar-refractivity contribution < 1.29 is 4.79 Å². The molecule has 0 unspecified atom stereocenters. The molecule has 1 aromatic rings. The molecule has 1 amide bonds. The molecule has 134 valence electrons. The molecule has 2 aliphatic rings. The van der Waals surface area contributed by atoms with E-state index in [0.29, 0.717) is 5.92 Å². The number of carbonyl (C=O) groups excluding carboxylic acids is 1. The third-order valence-electron chi connectivity index (χ3n) is 5.61. The van der Waals surface area contributed by atoms with Crippen LogP contribution in [0.4, 0.5) is 0 Å². The van der Waals surface area contributed by atoms with Gasteiger partial charge in [0.25, 0.3) is 0 Å². The van der Waals surface area contributed by atoms with Crippen molar-refractivity contribution in [3.63, 3.8) is 0 Å². The predicted octanol–water partition coefficient (Wildman–Crippen LogP) is 1.50. The summed E-state index contributed by atoms with van der Waals surface area (Å²) in [5, 5.41) is 3.13. The molecule has 0 bridgehead atoms. The number of likely N-dealkylation sites (tertiary alicyclic amines) is 1. The van der Waals surface area contributed by atoms with E-state index in [1.807, 2.05) is 12.4 Å². The van der Waals surface area contributed by atoms with Crippen molar-refractivity contribution in [2.24, 2.45) is 11.7 Å². The standard InChI is InChI=1S/C18H31N5O/c1-2-23-11-9-20-16(23)14-22-10-5-6-15(13-22)12-21-17(24)18(19)7-3-4-8-18/h9,11,15H,2-8,10,12-14,19H2,1H3,(H,21,24)/t15-/m0/s1. The van der Waals surface area contributed by atoms with Crippen LogP contribution in [0.3, 0.4) is 0 Å². The minimum absolute atomic E-state index is 0.0543. The minimum Gasteiger partial charge on any atom is -0.354 e. The van der Waals surface area contributed by atoms with Crippen molar-refractivity contribution in [3.8, 4) is 0 Å². The Labute approximate surface area is 144 Å². The molecule has 1 aliphatic heterocycles. The van der Waals surface area contributed by atoms with Gasteiger partial charge in [-0.25, -0.2) is 4.98 Å². The highest BCUT2D eigenvalue weighted by Gasteiger charge is 2.37. The van der Waals surface area contributed by atoms with E-state index in [2.05, 4.69) is 26.7 Å². The molecule has 3 N–H and O–H groups in total. The monoisotopic (exact) mass is 333 g/mol. The molecular weight excluding hydrogens is 302 g/mol. The molecule has 24 heavy (non-hydrogen) atoms. The smallest absolute Gasteiger partial charge is 0.240 e. The van der Waals surface area contributed by atoms with Crippen molar-refractivity contribution in [1.82, 2.24) is 19.8 Å². The van der Waals surface area contributed by atoms with Crippen LogP contribution in [-0.2, 0) is 17.9 Å². The average molecular weight is 333 g/mol.